The molecule has 0 spiro atoms. The van der Waals surface area contributed by atoms with Gasteiger partial charge in [0.25, 0.3) is 0 Å². The van der Waals surface area contributed by atoms with E-state index in [4.69, 9.17) is 5.11 Å². The Kier molecular flexibility index (Phi) is 3.69. The topological polar surface area (TPSA) is 55.1 Å². The smallest absolute Gasteiger partial charge is 0.335 e. The van der Waals surface area contributed by atoms with Crippen LogP contribution in [0.4, 0.5) is 0 Å². The van der Waals surface area contributed by atoms with E-state index in [2.05, 4.69) is 39.9 Å². The van der Waals surface area contributed by atoms with Crippen molar-refractivity contribution in [2.45, 2.75) is 0 Å². The molecule has 0 amide bonds. The lowest BCUT2D eigenvalue weighted by Crippen LogP contribution is -1.95. The van der Waals surface area contributed by atoms with Crippen molar-refractivity contribution in [3.63, 3.8) is 0 Å². The maximum absolute atomic E-state index is 11.2. The van der Waals surface area contributed by atoms with Gasteiger partial charge in [0, 0.05) is 5.69 Å². The summed E-state index contributed by atoms with van der Waals surface area (Å²) in [6, 6.07) is 27.7. The van der Waals surface area contributed by atoms with E-state index in [1.54, 1.807) is 12.1 Å². The molecule has 0 radical (unpaired) electrons. The molecule has 1 N–H and O–H groups in total. The van der Waals surface area contributed by atoms with Crippen molar-refractivity contribution in [2.24, 2.45) is 0 Å². The third-order valence-corrected chi connectivity index (χ3v) is 5.00. The number of carbonyl (C=O) groups is 1. The molecule has 4 nitrogen and oxygen atoms in total. The van der Waals surface area contributed by atoms with E-state index in [0.29, 0.717) is 5.56 Å². The van der Waals surface area contributed by atoms with Crippen molar-refractivity contribution in [3.8, 4) is 16.8 Å². The predicted octanol–water partition coefficient (Wildman–Crippen LogP) is 5.54. The highest BCUT2D eigenvalue weighted by Crippen LogP contribution is 2.28. The Balaban J connectivity index is 1.59. The summed E-state index contributed by atoms with van der Waals surface area (Å²) in [4.78, 5) is 15.6. The first-order valence-electron chi connectivity index (χ1n) is 8.99. The first-order chi connectivity index (χ1) is 13.7. The molecular formula is C24H16N2O2. The van der Waals surface area contributed by atoms with Gasteiger partial charge >= 0.3 is 5.97 Å². The summed E-state index contributed by atoms with van der Waals surface area (Å²) in [5.41, 5.74) is 5.57. The first-order valence-corrected chi connectivity index (χ1v) is 8.99. The summed E-state index contributed by atoms with van der Waals surface area (Å²) >= 11 is 0. The first kappa shape index (κ1) is 16.3. The third-order valence-electron chi connectivity index (χ3n) is 5.00. The SMILES string of the molecule is O=C(O)c1ccc2cc(-c3cccc(-n4cnc5ccccc54)c3)ccc2c1. The van der Waals surface area contributed by atoms with Gasteiger partial charge in [0.1, 0.15) is 6.33 Å². The van der Waals surface area contributed by atoms with Gasteiger partial charge in [-0.3, -0.25) is 4.57 Å². The van der Waals surface area contributed by atoms with Crippen molar-refractivity contribution < 1.29 is 9.90 Å². The van der Waals surface area contributed by atoms with Gasteiger partial charge < -0.3 is 5.11 Å². The van der Waals surface area contributed by atoms with Crippen molar-refractivity contribution in [3.05, 3.63) is 96.8 Å². The third kappa shape index (κ3) is 2.72. The molecule has 28 heavy (non-hydrogen) atoms. The number of aromatic carboxylic acids is 1. The Morgan fingerprint density at radius 3 is 2.46 bits per heavy atom. The molecule has 0 aliphatic rings. The van der Waals surface area contributed by atoms with Gasteiger partial charge in [0.15, 0.2) is 0 Å². The molecule has 0 unspecified atom stereocenters. The minimum Gasteiger partial charge on any atom is -0.478 e. The zero-order chi connectivity index (χ0) is 19.1. The highest BCUT2D eigenvalue weighted by Gasteiger charge is 2.07. The number of imidazole rings is 1. The fourth-order valence-corrected chi connectivity index (χ4v) is 3.56. The molecule has 4 aromatic carbocycles. The summed E-state index contributed by atoms with van der Waals surface area (Å²) in [5.74, 6) is -0.911. The van der Waals surface area contributed by atoms with Crippen LogP contribution in [0.15, 0.2) is 91.3 Å². The Morgan fingerprint density at radius 1 is 0.786 bits per heavy atom. The van der Waals surface area contributed by atoms with E-state index in [0.717, 1.165) is 38.6 Å². The molecule has 1 aromatic heterocycles. The maximum Gasteiger partial charge on any atom is 0.335 e. The van der Waals surface area contributed by atoms with E-state index in [1.165, 1.54) is 0 Å². The number of carboxylic acids is 1. The molecule has 0 aliphatic carbocycles. The Morgan fingerprint density at radius 2 is 1.57 bits per heavy atom. The van der Waals surface area contributed by atoms with E-state index < -0.39 is 5.97 Å². The number of rotatable bonds is 3. The molecule has 0 atom stereocenters. The molecule has 4 heteroatoms. The number of hydrogen-bond donors (Lipinski definition) is 1. The van der Waals surface area contributed by atoms with Gasteiger partial charge in [0.05, 0.1) is 16.6 Å². The fraction of sp³-hybridized carbons (Fsp3) is 0. The van der Waals surface area contributed by atoms with E-state index >= 15 is 0 Å². The van der Waals surface area contributed by atoms with Crippen LogP contribution in [0.1, 0.15) is 10.4 Å². The number of hydrogen-bond acceptors (Lipinski definition) is 2. The number of nitrogens with zero attached hydrogens (tertiary/aromatic N) is 2. The average Bonchev–Trinajstić information content (AvgIpc) is 3.17. The minimum absolute atomic E-state index is 0.300. The lowest BCUT2D eigenvalue weighted by Gasteiger charge is -2.09. The van der Waals surface area contributed by atoms with E-state index in [1.807, 2.05) is 48.8 Å². The van der Waals surface area contributed by atoms with Crippen LogP contribution in [-0.4, -0.2) is 20.6 Å². The number of carboxylic acid groups (broad SMARTS) is 1. The normalized spacial score (nSPS) is 11.1. The fourth-order valence-electron chi connectivity index (χ4n) is 3.56. The van der Waals surface area contributed by atoms with Crippen molar-refractivity contribution in [2.75, 3.05) is 0 Å². The Bertz CT molecular complexity index is 1350. The highest BCUT2D eigenvalue weighted by molar-refractivity contribution is 5.95. The van der Waals surface area contributed by atoms with Gasteiger partial charge in [-0.1, -0.05) is 42.5 Å². The maximum atomic E-state index is 11.2. The summed E-state index contributed by atoms with van der Waals surface area (Å²) < 4.78 is 2.08. The molecule has 134 valence electrons. The summed E-state index contributed by atoms with van der Waals surface area (Å²) in [5, 5.41) is 11.1. The van der Waals surface area contributed by atoms with Crippen LogP contribution < -0.4 is 0 Å². The number of fused-ring (bicyclic) bond motifs is 2. The molecule has 5 aromatic rings. The molecule has 0 saturated heterocycles. The molecule has 0 saturated carbocycles. The van der Waals surface area contributed by atoms with Gasteiger partial charge in [-0.25, -0.2) is 9.78 Å². The van der Waals surface area contributed by atoms with Crippen LogP contribution in [0, 0.1) is 0 Å². The molecule has 0 fully saturated rings. The summed E-state index contributed by atoms with van der Waals surface area (Å²) in [6.45, 7) is 0. The zero-order valence-corrected chi connectivity index (χ0v) is 14.9. The van der Waals surface area contributed by atoms with Crippen LogP contribution in [0.5, 0.6) is 0 Å². The standard InChI is InChI=1S/C24H16N2O2/c27-24(28)20-11-10-18-12-17(8-9-19(18)13-20)16-4-3-5-21(14-16)26-15-25-22-6-1-2-7-23(22)26/h1-15H,(H,27,28). The number of benzene rings is 4. The lowest BCUT2D eigenvalue weighted by molar-refractivity contribution is 0.0697. The van der Waals surface area contributed by atoms with Crippen molar-refractivity contribution >= 4 is 27.8 Å². The van der Waals surface area contributed by atoms with Gasteiger partial charge in [0.2, 0.25) is 0 Å². The predicted molar refractivity (Wildman–Crippen MR) is 111 cm³/mol. The second kappa shape index (κ2) is 6.35. The monoisotopic (exact) mass is 364 g/mol. The lowest BCUT2D eigenvalue weighted by atomic mass is 9.99. The van der Waals surface area contributed by atoms with Crippen LogP contribution in [0.2, 0.25) is 0 Å². The number of para-hydroxylation sites is 2. The van der Waals surface area contributed by atoms with E-state index in [-0.39, 0.29) is 0 Å². The highest BCUT2D eigenvalue weighted by atomic mass is 16.4. The van der Waals surface area contributed by atoms with Crippen molar-refractivity contribution in [1.82, 2.24) is 9.55 Å². The van der Waals surface area contributed by atoms with Gasteiger partial charge in [-0.2, -0.15) is 0 Å². The Hall–Kier alpha value is -3.92. The molecule has 5 rings (SSSR count). The summed E-state index contributed by atoms with van der Waals surface area (Å²) in [6.07, 6.45) is 1.84. The summed E-state index contributed by atoms with van der Waals surface area (Å²) in [7, 11) is 0. The molecule has 1 heterocycles. The molecule has 0 aliphatic heterocycles. The van der Waals surface area contributed by atoms with Gasteiger partial charge in [-0.15, -0.1) is 0 Å². The van der Waals surface area contributed by atoms with Crippen LogP contribution in [0.3, 0.4) is 0 Å². The average molecular weight is 364 g/mol. The second-order valence-electron chi connectivity index (χ2n) is 6.74. The largest absolute Gasteiger partial charge is 0.478 e. The second-order valence-corrected chi connectivity index (χ2v) is 6.74. The van der Waals surface area contributed by atoms with E-state index in [9.17, 15) is 4.79 Å². The zero-order valence-electron chi connectivity index (χ0n) is 14.9. The Labute approximate surface area is 161 Å². The van der Waals surface area contributed by atoms with Crippen LogP contribution >= 0.6 is 0 Å². The minimum atomic E-state index is -0.911. The van der Waals surface area contributed by atoms with Gasteiger partial charge in [-0.05, 0) is 64.4 Å². The van der Waals surface area contributed by atoms with Crippen molar-refractivity contribution in [1.29, 1.82) is 0 Å². The number of aromatic nitrogens is 2. The molecular weight excluding hydrogens is 348 g/mol. The van der Waals surface area contributed by atoms with Crippen LogP contribution in [0.25, 0.3) is 38.6 Å². The molecule has 0 bridgehead atoms. The quantitative estimate of drug-likeness (QED) is 0.457. The van der Waals surface area contributed by atoms with Crippen LogP contribution in [-0.2, 0) is 0 Å².